The van der Waals surface area contributed by atoms with E-state index in [0.29, 0.717) is 17.5 Å². The fraction of sp³-hybridized carbons (Fsp3) is 0.0192. The molecule has 0 N–H and O–H groups in total. The summed E-state index contributed by atoms with van der Waals surface area (Å²) in [4.78, 5) is 17.5. The molecule has 1 unspecified atom stereocenters. The number of hydrogen-bond acceptors (Lipinski definition) is 5. The zero-order valence-electron chi connectivity index (χ0n) is 30.6. The van der Waals surface area contributed by atoms with Gasteiger partial charge in [0.25, 0.3) is 0 Å². The molecule has 0 saturated heterocycles. The molecule has 0 amide bonds. The van der Waals surface area contributed by atoms with E-state index in [1.807, 2.05) is 78.5 Å². The van der Waals surface area contributed by atoms with E-state index in [-0.39, 0.29) is 0 Å². The Morgan fingerprint density at radius 3 is 1.77 bits per heavy atom. The second-order valence-corrected chi connectivity index (χ2v) is 15.8. The normalized spacial score (nSPS) is 15.0. The Balaban J connectivity index is 1.07. The quantitative estimate of drug-likeness (QED) is 0.180. The fourth-order valence-electron chi connectivity index (χ4n) is 9.16. The molecule has 0 radical (unpaired) electrons. The largest absolute Gasteiger partial charge is 0.456 e. The number of furan rings is 1. The highest BCUT2D eigenvalue weighted by molar-refractivity contribution is 7.99. The summed E-state index contributed by atoms with van der Waals surface area (Å²) in [5.74, 6) is 1.93. The molecule has 2 aromatic heterocycles. The Morgan fingerprint density at radius 2 is 0.982 bits per heavy atom. The van der Waals surface area contributed by atoms with E-state index in [9.17, 15) is 0 Å². The van der Waals surface area contributed by atoms with Gasteiger partial charge >= 0.3 is 0 Å². The molecule has 266 valence electrons. The van der Waals surface area contributed by atoms with Crippen molar-refractivity contribution in [3.63, 3.8) is 0 Å². The van der Waals surface area contributed by atoms with Gasteiger partial charge in [-0.05, 0) is 80.9 Å². The topological polar surface area (TPSA) is 51.8 Å². The molecular formula is C52H31N3OS. The van der Waals surface area contributed by atoms with E-state index in [1.54, 1.807) is 0 Å². The summed E-state index contributed by atoms with van der Waals surface area (Å²) < 4.78 is 6.48. The van der Waals surface area contributed by atoms with E-state index in [1.165, 1.54) is 48.6 Å². The highest BCUT2D eigenvalue weighted by atomic mass is 32.2. The summed E-state index contributed by atoms with van der Waals surface area (Å²) in [6, 6.07) is 66.8. The minimum absolute atomic E-state index is 0.535. The molecule has 1 spiro atoms. The monoisotopic (exact) mass is 745 g/mol. The molecule has 12 rings (SSSR count). The smallest absolute Gasteiger partial charge is 0.164 e. The summed E-state index contributed by atoms with van der Waals surface area (Å²) in [7, 11) is 0. The van der Waals surface area contributed by atoms with Crippen molar-refractivity contribution >= 4 is 33.7 Å². The summed E-state index contributed by atoms with van der Waals surface area (Å²) in [5.41, 5.74) is 14.0. The van der Waals surface area contributed by atoms with Crippen LogP contribution in [0.4, 0.5) is 0 Å². The van der Waals surface area contributed by atoms with Crippen LogP contribution in [0.25, 0.3) is 78.4 Å². The lowest BCUT2D eigenvalue weighted by Gasteiger charge is -2.40. The Hall–Kier alpha value is -7.08. The van der Waals surface area contributed by atoms with Crippen molar-refractivity contribution in [2.45, 2.75) is 15.2 Å². The highest BCUT2D eigenvalue weighted by Crippen LogP contribution is 2.64. The van der Waals surface area contributed by atoms with Crippen molar-refractivity contribution in [2.75, 3.05) is 0 Å². The number of nitrogens with zero attached hydrogens (tertiary/aromatic N) is 3. The summed E-state index contributed by atoms with van der Waals surface area (Å²) in [6.45, 7) is 0. The number of para-hydroxylation sites is 1. The summed E-state index contributed by atoms with van der Waals surface area (Å²) in [5, 5.41) is 2.32. The third kappa shape index (κ3) is 4.79. The molecule has 57 heavy (non-hydrogen) atoms. The lowest BCUT2D eigenvalue weighted by Crippen LogP contribution is -2.32. The molecule has 10 aromatic rings. The van der Waals surface area contributed by atoms with Gasteiger partial charge in [-0.1, -0.05) is 163 Å². The van der Waals surface area contributed by atoms with Crippen molar-refractivity contribution < 1.29 is 4.42 Å². The Kier molecular flexibility index (Phi) is 7.04. The van der Waals surface area contributed by atoms with Crippen LogP contribution in [0.1, 0.15) is 22.3 Å². The lowest BCUT2D eigenvalue weighted by atomic mass is 9.67. The third-order valence-corrected chi connectivity index (χ3v) is 12.7. The predicted octanol–water partition coefficient (Wildman–Crippen LogP) is 13.3. The van der Waals surface area contributed by atoms with Crippen LogP contribution in [-0.2, 0) is 5.41 Å². The Bertz CT molecular complexity index is 3170. The molecule has 0 bridgehead atoms. The summed E-state index contributed by atoms with van der Waals surface area (Å²) in [6.07, 6.45) is 0. The van der Waals surface area contributed by atoms with Crippen LogP contribution >= 0.6 is 11.8 Å². The molecule has 1 atom stereocenters. The maximum absolute atomic E-state index is 6.48. The maximum atomic E-state index is 6.48. The molecule has 8 aromatic carbocycles. The average molecular weight is 746 g/mol. The van der Waals surface area contributed by atoms with Crippen LogP contribution in [0.15, 0.2) is 202 Å². The minimum atomic E-state index is -0.535. The van der Waals surface area contributed by atoms with Gasteiger partial charge in [0.1, 0.15) is 11.2 Å². The van der Waals surface area contributed by atoms with Gasteiger partial charge in [-0.15, -0.1) is 0 Å². The molecule has 0 fully saturated rings. The van der Waals surface area contributed by atoms with E-state index in [2.05, 4.69) is 121 Å². The zero-order valence-corrected chi connectivity index (χ0v) is 31.4. The maximum Gasteiger partial charge on any atom is 0.164 e. The van der Waals surface area contributed by atoms with E-state index < -0.39 is 5.41 Å². The van der Waals surface area contributed by atoms with E-state index >= 15 is 0 Å². The first kappa shape index (κ1) is 32.2. The van der Waals surface area contributed by atoms with Crippen LogP contribution in [0.2, 0.25) is 0 Å². The number of fused-ring (bicyclic) bond motifs is 13. The van der Waals surface area contributed by atoms with Gasteiger partial charge in [0, 0.05) is 37.3 Å². The van der Waals surface area contributed by atoms with Crippen molar-refractivity contribution in [3.8, 4) is 56.4 Å². The number of benzene rings is 8. The molecule has 4 nitrogen and oxygen atoms in total. The van der Waals surface area contributed by atoms with Gasteiger partial charge in [-0.3, -0.25) is 0 Å². The number of hydrogen-bond donors (Lipinski definition) is 0. The highest BCUT2D eigenvalue weighted by Gasteiger charge is 2.51. The Labute approximate surface area is 333 Å². The van der Waals surface area contributed by atoms with E-state index in [4.69, 9.17) is 19.4 Å². The SMILES string of the molecule is c1ccc(-c2nc(-c3ccccc3)nc(-c3cccc(-c4ccc5c(c4)C4(c6ccccc6S5)c5ccccc5-c5c4ccc4oc6ccccc6c54)c3)n2)cc1. The molecule has 0 saturated carbocycles. The van der Waals surface area contributed by atoms with Gasteiger partial charge in [0.2, 0.25) is 0 Å². The van der Waals surface area contributed by atoms with Crippen LogP contribution in [0.5, 0.6) is 0 Å². The zero-order chi connectivity index (χ0) is 37.5. The number of aromatic nitrogens is 3. The molecule has 5 heteroatoms. The summed E-state index contributed by atoms with van der Waals surface area (Å²) >= 11 is 1.86. The van der Waals surface area contributed by atoms with Gasteiger partial charge in [0.05, 0.1) is 5.41 Å². The van der Waals surface area contributed by atoms with Gasteiger partial charge < -0.3 is 4.42 Å². The molecule has 2 aliphatic rings. The number of rotatable bonds is 4. The average Bonchev–Trinajstić information content (AvgIpc) is 3.81. The second-order valence-electron chi connectivity index (χ2n) is 14.7. The fourth-order valence-corrected chi connectivity index (χ4v) is 10.3. The van der Waals surface area contributed by atoms with Crippen LogP contribution < -0.4 is 0 Å². The van der Waals surface area contributed by atoms with E-state index in [0.717, 1.165) is 44.4 Å². The van der Waals surface area contributed by atoms with Crippen molar-refractivity contribution in [1.82, 2.24) is 15.0 Å². The molecule has 1 aliphatic heterocycles. The molecular weight excluding hydrogens is 715 g/mol. The van der Waals surface area contributed by atoms with Crippen LogP contribution in [-0.4, -0.2) is 15.0 Å². The second kappa shape index (κ2) is 12.5. The van der Waals surface area contributed by atoms with Crippen molar-refractivity contribution in [1.29, 1.82) is 0 Å². The first-order valence-electron chi connectivity index (χ1n) is 19.2. The standard InChI is InChI=1S/C52H31N3OS/c1-3-14-32(15-4-1)49-53-50(33-16-5-2-6-17-33)55-51(54-49)36-19-13-18-34(30-36)35-26-29-46-42(31-35)52(40-23-10-12-25-45(40)57-46)39-22-9-7-20-37(39)47-41(52)27-28-44-48(47)38-21-8-11-24-43(38)56-44/h1-31H. The lowest BCUT2D eigenvalue weighted by molar-refractivity contribution is 0.668. The van der Waals surface area contributed by atoms with Crippen LogP contribution in [0, 0.1) is 0 Å². The Morgan fingerprint density at radius 1 is 0.386 bits per heavy atom. The van der Waals surface area contributed by atoms with Gasteiger partial charge in [0.15, 0.2) is 17.5 Å². The van der Waals surface area contributed by atoms with Crippen molar-refractivity contribution in [3.05, 3.63) is 210 Å². The minimum Gasteiger partial charge on any atom is -0.456 e. The van der Waals surface area contributed by atoms with Crippen LogP contribution in [0.3, 0.4) is 0 Å². The first-order valence-corrected chi connectivity index (χ1v) is 20.0. The molecule has 1 aliphatic carbocycles. The predicted molar refractivity (Wildman–Crippen MR) is 230 cm³/mol. The van der Waals surface area contributed by atoms with Crippen molar-refractivity contribution in [2.24, 2.45) is 0 Å². The molecule has 3 heterocycles. The van der Waals surface area contributed by atoms with Gasteiger partial charge in [-0.25, -0.2) is 15.0 Å². The third-order valence-electron chi connectivity index (χ3n) is 11.6. The first-order chi connectivity index (χ1) is 28.2. The van der Waals surface area contributed by atoms with Gasteiger partial charge in [-0.2, -0.15) is 0 Å².